The molecule has 1 fully saturated rings. The zero-order valence-corrected chi connectivity index (χ0v) is 14.3. The van der Waals surface area contributed by atoms with Crippen molar-refractivity contribution in [1.29, 1.82) is 0 Å². The van der Waals surface area contributed by atoms with E-state index in [-0.39, 0.29) is 10.7 Å². The monoisotopic (exact) mass is 392 g/mol. The van der Waals surface area contributed by atoms with Crippen molar-refractivity contribution in [3.05, 3.63) is 56.7 Å². The predicted molar refractivity (Wildman–Crippen MR) is 94.7 cm³/mol. The Morgan fingerprint density at radius 2 is 1.91 bits per heavy atom. The largest absolute Gasteiger partial charge is 0.298 e. The first-order chi connectivity index (χ1) is 10.6. The van der Waals surface area contributed by atoms with Crippen molar-refractivity contribution in [1.82, 2.24) is 5.32 Å². The maximum absolute atomic E-state index is 12.7. The lowest BCUT2D eigenvalue weighted by Crippen LogP contribution is -2.54. The van der Waals surface area contributed by atoms with Crippen LogP contribution in [-0.2, 0) is 9.59 Å². The first-order valence-electron chi connectivity index (χ1n) is 6.27. The summed E-state index contributed by atoms with van der Waals surface area (Å²) in [6, 6.07) is 10.8. The molecular weight excluding hydrogens is 384 g/mol. The Kier molecular flexibility index (Phi) is 4.19. The maximum Gasteiger partial charge on any atom is 0.270 e. The molecule has 7 heteroatoms. The minimum atomic E-state index is -0.475. The number of thiocarbonyl (C=S) groups is 1. The van der Waals surface area contributed by atoms with Crippen molar-refractivity contribution in [2.45, 2.75) is 0 Å². The molecule has 1 aromatic carbocycles. The van der Waals surface area contributed by atoms with Gasteiger partial charge >= 0.3 is 0 Å². The lowest BCUT2D eigenvalue weighted by molar-refractivity contribution is -0.122. The Hall–Kier alpha value is -1.83. The number of nitrogens with zero attached hydrogens (tertiary/aromatic N) is 1. The average Bonchev–Trinajstić information content (AvgIpc) is 2.98. The Balaban J connectivity index is 2.01. The van der Waals surface area contributed by atoms with Gasteiger partial charge in [0.15, 0.2) is 5.11 Å². The van der Waals surface area contributed by atoms with Crippen LogP contribution in [0.15, 0.2) is 51.8 Å². The van der Waals surface area contributed by atoms with Gasteiger partial charge in [-0.1, -0.05) is 22.0 Å². The summed E-state index contributed by atoms with van der Waals surface area (Å²) in [5.74, 6) is -0.902. The van der Waals surface area contributed by atoms with Crippen LogP contribution in [0.4, 0.5) is 5.69 Å². The minimum Gasteiger partial charge on any atom is -0.298 e. The maximum atomic E-state index is 12.7. The molecule has 0 aliphatic carbocycles. The fourth-order valence-electron chi connectivity index (χ4n) is 2.00. The van der Waals surface area contributed by atoms with E-state index >= 15 is 0 Å². The van der Waals surface area contributed by atoms with E-state index in [2.05, 4.69) is 21.2 Å². The molecule has 2 amide bonds. The molecule has 0 bridgehead atoms. The molecule has 110 valence electrons. The van der Waals surface area contributed by atoms with E-state index in [0.29, 0.717) is 5.69 Å². The van der Waals surface area contributed by atoms with E-state index in [1.54, 1.807) is 18.2 Å². The summed E-state index contributed by atoms with van der Waals surface area (Å²) in [7, 11) is 0. The number of hydrogen-bond donors (Lipinski definition) is 1. The lowest BCUT2D eigenvalue weighted by Gasteiger charge is -2.28. The zero-order chi connectivity index (χ0) is 15.7. The fraction of sp³-hybridized carbons (Fsp3) is 0. The molecule has 0 spiro atoms. The zero-order valence-electron chi connectivity index (χ0n) is 11.1. The van der Waals surface area contributed by atoms with Gasteiger partial charge in [-0.05, 0) is 54.0 Å². The summed E-state index contributed by atoms with van der Waals surface area (Å²) in [6.45, 7) is 0. The molecule has 1 saturated heterocycles. The highest BCUT2D eigenvalue weighted by Crippen LogP contribution is 2.24. The third kappa shape index (κ3) is 2.87. The van der Waals surface area contributed by atoms with Gasteiger partial charge in [0.1, 0.15) is 5.57 Å². The van der Waals surface area contributed by atoms with E-state index in [1.807, 2.05) is 29.6 Å². The topological polar surface area (TPSA) is 49.4 Å². The van der Waals surface area contributed by atoms with Crippen LogP contribution in [0.2, 0.25) is 0 Å². The molecule has 0 radical (unpaired) electrons. The first kappa shape index (κ1) is 15.1. The van der Waals surface area contributed by atoms with Crippen LogP contribution >= 0.6 is 39.5 Å². The number of carbonyl (C=O) groups is 2. The van der Waals surface area contributed by atoms with Crippen LogP contribution in [0.5, 0.6) is 0 Å². The van der Waals surface area contributed by atoms with Crippen LogP contribution in [0.3, 0.4) is 0 Å². The molecule has 2 heterocycles. The van der Waals surface area contributed by atoms with Crippen LogP contribution in [0.25, 0.3) is 6.08 Å². The van der Waals surface area contributed by atoms with Crippen LogP contribution in [0, 0.1) is 0 Å². The Labute approximate surface area is 144 Å². The first-order valence-corrected chi connectivity index (χ1v) is 8.35. The van der Waals surface area contributed by atoms with Gasteiger partial charge in [-0.2, -0.15) is 0 Å². The predicted octanol–water partition coefficient (Wildman–Crippen LogP) is 3.34. The number of nitrogens with one attached hydrogen (secondary N) is 1. The smallest absolute Gasteiger partial charge is 0.270 e. The van der Waals surface area contributed by atoms with Crippen LogP contribution in [0.1, 0.15) is 4.88 Å². The molecule has 1 aromatic heterocycles. The highest BCUT2D eigenvalue weighted by Gasteiger charge is 2.34. The molecule has 1 aliphatic heterocycles. The number of carbonyl (C=O) groups excluding carboxylic acids is 2. The van der Waals surface area contributed by atoms with Crippen LogP contribution in [-0.4, -0.2) is 16.9 Å². The lowest BCUT2D eigenvalue weighted by atomic mass is 10.1. The quantitative estimate of drug-likeness (QED) is 0.484. The van der Waals surface area contributed by atoms with E-state index in [0.717, 1.165) is 9.35 Å². The molecule has 0 unspecified atom stereocenters. The second-order valence-electron chi connectivity index (χ2n) is 4.45. The fourth-order valence-corrected chi connectivity index (χ4v) is 3.20. The molecule has 2 aromatic rings. The standard InChI is InChI=1S/C15H9BrN2O2S2/c16-9-3-5-10(6-4-9)18-14(20)12(13(19)17-15(18)21)8-11-2-1-7-22-11/h1-8H,(H,17,19,21). The molecule has 3 rings (SSSR count). The number of rotatable bonds is 2. The SMILES string of the molecule is O=C1NC(=S)N(c2ccc(Br)cc2)C(=O)C1=Cc1cccs1. The molecule has 1 N–H and O–H groups in total. The summed E-state index contributed by atoms with van der Waals surface area (Å²) in [4.78, 5) is 26.9. The van der Waals surface area contributed by atoms with Crippen molar-refractivity contribution in [3.8, 4) is 0 Å². The molecule has 0 saturated carbocycles. The second-order valence-corrected chi connectivity index (χ2v) is 6.73. The minimum absolute atomic E-state index is 0.0685. The van der Waals surface area contributed by atoms with Gasteiger partial charge in [-0.25, -0.2) is 0 Å². The van der Waals surface area contributed by atoms with Gasteiger partial charge < -0.3 is 0 Å². The molecule has 22 heavy (non-hydrogen) atoms. The molecule has 4 nitrogen and oxygen atoms in total. The summed E-state index contributed by atoms with van der Waals surface area (Å²) < 4.78 is 0.894. The number of amides is 2. The van der Waals surface area contributed by atoms with Crippen molar-refractivity contribution in [2.75, 3.05) is 4.90 Å². The van der Waals surface area contributed by atoms with Gasteiger partial charge in [-0.3, -0.25) is 19.8 Å². The van der Waals surface area contributed by atoms with E-state index in [4.69, 9.17) is 12.2 Å². The number of hydrogen-bond acceptors (Lipinski definition) is 4. The molecular formula is C15H9BrN2O2S2. The van der Waals surface area contributed by atoms with Crippen molar-refractivity contribution in [3.63, 3.8) is 0 Å². The highest BCUT2D eigenvalue weighted by molar-refractivity contribution is 9.10. The Morgan fingerprint density at radius 3 is 2.55 bits per heavy atom. The summed E-state index contributed by atoms with van der Waals surface area (Å²) >= 11 is 9.93. The molecule has 0 atom stereocenters. The summed E-state index contributed by atoms with van der Waals surface area (Å²) in [5, 5.41) is 4.53. The van der Waals surface area contributed by atoms with Gasteiger partial charge in [0.2, 0.25) is 0 Å². The third-order valence-corrected chi connectivity index (χ3v) is 4.65. The average molecular weight is 393 g/mol. The van der Waals surface area contributed by atoms with Gasteiger partial charge in [-0.15, -0.1) is 11.3 Å². The number of thiophene rings is 1. The Bertz CT molecular complexity index is 782. The van der Waals surface area contributed by atoms with Gasteiger partial charge in [0.05, 0.1) is 5.69 Å². The third-order valence-electron chi connectivity index (χ3n) is 3.02. The second kappa shape index (κ2) is 6.12. The van der Waals surface area contributed by atoms with E-state index < -0.39 is 11.8 Å². The van der Waals surface area contributed by atoms with E-state index in [1.165, 1.54) is 16.2 Å². The van der Waals surface area contributed by atoms with E-state index in [9.17, 15) is 9.59 Å². The molecule has 1 aliphatic rings. The number of anilines is 1. The normalized spacial score (nSPS) is 17.0. The van der Waals surface area contributed by atoms with Gasteiger partial charge in [0.25, 0.3) is 11.8 Å². The summed E-state index contributed by atoms with van der Waals surface area (Å²) in [6.07, 6.45) is 1.58. The Morgan fingerprint density at radius 1 is 1.18 bits per heavy atom. The van der Waals surface area contributed by atoms with Gasteiger partial charge in [0, 0.05) is 9.35 Å². The van der Waals surface area contributed by atoms with Crippen molar-refractivity contribution < 1.29 is 9.59 Å². The van der Waals surface area contributed by atoms with Crippen molar-refractivity contribution >= 4 is 68.2 Å². The number of benzene rings is 1. The summed E-state index contributed by atoms with van der Waals surface area (Å²) in [5.41, 5.74) is 0.675. The number of halogens is 1. The van der Waals surface area contributed by atoms with Crippen molar-refractivity contribution in [2.24, 2.45) is 0 Å². The van der Waals surface area contributed by atoms with Crippen LogP contribution < -0.4 is 10.2 Å². The highest BCUT2D eigenvalue weighted by atomic mass is 79.9.